The van der Waals surface area contributed by atoms with Crippen molar-refractivity contribution in [1.82, 2.24) is 9.80 Å². The van der Waals surface area contributed by atoms with Crippen LogP contribution < -0.4 is 11.1 Å². The van der Waals surface area contributed by atoms with Gasteiger partial charge in [0.1, 0.15) is 5.70 Å². The Hall–Kier alpha value is -3.37. The van der Waals surface area contributed by atoms with Crippen LogP contribution >= 0.6 is 24.4 Å². The van der Waals surface area contributed by atoms with Gasteiger partial charge in [0.25, 0.3) is 5.91 Å². The second-order valence-electron chi connectivity index (χ2n) is 7.89. The standard InChI is InChI=1S/C26H31N5O3S2/c1-5-28-20-13-12-19(27)14-21(20)29-26-31(15-18-10-8-7-9-11-18)24(32)23(36-26)17(3)30(4)22(16-35)25(33)34-6-2/h7-14,16,28,35H,5-6,15,27H2,1-4H3/b22-16-,23-17+,29-26?. The third-order valence-corrected chi connectivity index (χ3v) is 6.87. The summed E-state index contributed by atoms with van der Waals surface area (Å²) in [5, 5.41) is 5.18. The summed E-state index contributed by atoms with van der Waals surface area (Å²) in [6.45, 7) is 6.81. The van der Waals surface area contributed by atoms with Crippen LogP contribution in [0.15, 0.2) is 75.2 Å². The number of benzene rings is 2. The van der Waals surface area contributed by atoms with E-state index in [1.54, 1.807) is 36.8 Å². The Morgan fingerprint density at radius 2 is 1.97 bits per heavy atom. The van der Waals surface area contributed by atoms with Crippen LogP contribution in [-0.2, 0) is 20.9 Å². The highest BCUT2D eigenvalue weighted by molar-refractivity contribution is 8.18. The molecule has 0 aromatic heterocycles. The normalized spacial score (nSPS) is 16.4. The third kappa shape index (κ3) is 6.24. The number of carbonyl (C=O) groups excluding carboxylic acids is 2. The molecule has 36 heavy (non-hydrogen) atoms. The maximum atomic E-state index is 13.7. The van der Waals surface area contributed by atoms with E-state index in [-0.39, 0.29) is 18.2 Å². The molecule has 3 rings (SSSR count). The number of allylic oxidation sites excluding steroid dienone is 1. The fraction of sp³-hybridized carbons (Fsp3) is 0.269. The van der Waals surface area contributed by atoms with Crippen LogP contribution in [0.1, 0.15) is 26.3 Å². The minimum Gasteiger partial charge on any atom is -0.461 e. The van der Waals surface area contributed by atoms with Gasteiger partial charge in [-0.2, -0.15) is 0 Å². The van der Waals surface area contributed by atoms with Crippen molar-refractivity contribution in [3.8, 4) is 0 Å². The smallest absolute Gasteiger partial charge is 0.355 e. The molecule has 1 saturated heterocycles. The number of amides is 1. The number of nitrogen functional groups attached to an aromatic ring is 1. The highest BCUT2D eigenvalue weighted by Crippen LogP contribution is 2.38. The lowest BCUT2D eigenvalue weighted by Crippen LogP contribution is -2.30. The van der Waals surface area contributed by atoms with Crippen molar-refractivity contribution in [1.29, 1.82) is 0 Å². The Balaban J connectivity index is 2.07. The van der Waals surface area contributed by atoms with Crippen molar-refractivity contribution in [3.63, 3.8) is 0 Å². The van der Waals surface area contributed by atoms with Gasteiger partial charge in [0.15, 0.2) is 5.17 Å². The van der Waals surface area contributed by atoms with E-state index in [0.29, 0.717) is 40.2 Å². The molecular formula is C26H31N5O3S2. The molecular weight excluding hydrogens is 494 g/mol. The monoisotopic (exact) mass is 525 g/mol. The number of amidine groups is 1. The summed E-state index contributed by atoms with van der Waals surface area (Å²) in [5.74, 6) is -0.723. The highest BCUT2D eigenvalue weighted by Gasteiger charge is 2.36. The summed E-state index contributed by atoms with van der Waals surface area (Å²) in [6.07, 6.45) is 0. The van der Waals surface area contributed by atoms with Crippen molar-refractivity contribution in [2.75, 3.05) is 31.2 Å². The van der Waals surface area contributed by atoms with E-state index in [1.807, 2.05) is 49.4 Å². The summed E-state index contributed by atoms with van der Waals surface area (Å²) < 4.78 is 5.14. The molecule has 1 aliphatic rings. The van der Waals surface area contributed by atoms with Crippen molar-refractivity contribution < 1.29 is 14.3 Å². The molecule has 190 valence electrons. The number of hydrogen-bond donors (Lipinski definition) is 3. The van der Waals surface area contributed by atoms with E-state index in [2.05, 4.69) is 17.9 Å². The van der Waals surface area contributed by atoms with Gasteiger partial charge in [-0.3, -0.25) is 9.69 Å². The fourth-order valence-corrected chi connectivity index (χ4v) is 4.86. The molecule has 0 radical (unpaired) electrons. The first-order valence-corrected chi connectivity index (χ1v) is 12.9. The number of carbonyl (C=O) groups is 2. The number of thioether (sulfide) groups is 1. The number of anilines is 2. The van der Waals surface area contributed by atoms with E-state index >= 15 is 0 Å². The number of aliphatic imine (C=N–C) groups is 1. The van der Waals surface area contributed by atoms with Crippen LogP contribution in [0.2, 0.25) is 0 Å². The number of hydrogen-bond acceptors (Lipinski definition) is 9. The van der Waals surface area contributed by atoms with E-state index in [9.17, 15) is 9.59 Å². The van der Waals surface area contributed by atoms with Crippen LogP contribution in [0, 0.1) is 0 Å². The van der Waals surface area contributed by atoms with Gasteiger partial charge in [0, 0.05) is 25.0 Å². The Morgan fingerprint density at radius 3 is 2.61 bits per heavy atom. The number of esters is 1. The Morgan fingerprint density at radius 1 is 1.25 bits per heavy atom. The minimum absolute atomic E-state index is 0.205. The van der Waals surface area contributed by atoms with Crippen LogP contribution in [0.25, 0.3) is 0 Å². The van der Waals surface area contributed by atoms with Gasteiger partial charge in [0.2, 0.25) is 0 Å². The zero-order valence-electron chi connectivity index (χ0n) is 20.8. The molecule has 1 heterocycles. The van der Waals surface area contributed by atoms with Crippen molar-refractivity contribution >= 4 is 58.5 Å². The quantitative estimate of drug-likeness (QED) is 0.184. The Kier molecular flexibility index (Phi) is 9.49. The molecule has 0 spiro atoms. The van der Waals surface area contributed by atoms with Gasteiger partial charge >= 0.3 is 5.97 Å². The van der Waals surface area contributed by atoms with Crippen molar-refractivity contribution in [2.24, 2.45) is 4.99 Å². The molecule has 2 aromatic carbocycles. The molecule has 0 bridgehead atoms. The summed E-state index contributed by atoms with van der Waals surface area (Å²) in [6, 6.07) is 15.2. The lowest BCUT2D eigenvalue weighted by Gasteiger charge is -2.22. The highest BCUT2D eigenvalue weighted by atomic mass is 32.2. The summed E-state index contributed by atoms with van der Waals surface area (Å²) in [4.78, 5) is 34.7. The first-order chi connectivity index (χ1) is 17.3. The van der Waals surface area contributed by atoms with Crippen molar-refractivity contribution in [2.45, 2.75) is 27.3 Å². The molecule has 0 atom stereocenters. The molecule has 1 fully saturated rings. The summed E-state index contributed by atoms with van der Waals surface area (Å²) >= 11 is 5.44. The Bertz CT molecular complexity index is 1210. The topological polar surface area (TPSA) is 100 Å². The van der Waals surface area contributed by atoms with Crippen molar-refractivity contribution in [3.05, 3.63) is 75.8 Å². The largest absolute Gasteiger partial charge is 0.461 e. The maximum Gasteiger partial charge on any atom is 0.355 e. The van der Waals surface area contributed by atoms with Crippen LogP contribution in [0.3, 0.4) is 0 Å². The summed E-state index contributed by atoms with van der Waals surface area (Å²) in [5.41, 5.74) is 9.85. The van der Waals surface area contributed by atoms with Gasteiger partial charge < -0.3 is 20.7 Å². The molecule has 1 aliphatic heterocycles. The number of thiol groups is 1. The Labute approximate surface area is 221 Å². The lowest BCUT2D eigenvalue weighted by molar-refractivity contribution is -0.140. The van der Waals surface area contributed by atoms with Gasteiger partial charge in [-0.25, -0.2) is 9.79 Å². The van der Waals surface area contributed by atoms with Gasteiger partial charge in [-0.15, -0.1) is 12.6 Å². The minimum atomic E-state index is -0.518. The van der Waals surface area contributed by atoms with Crippen LogP contribution in [0.5, 0.6) is 0 Å². The molecule has 8 nitrogen and oxygen atoms in total. The molecule has 0 aliphatic carbocycles. The molecule has 0 saturated carbocycles. The zero-order chi connectivity index (χ0) is 26.2. The molecule has 1 amide bonds. The second kappa shape index (κ2) is 12.5. The number of ether oxygens (including phenoxy) is 1. The molecule has 3 N–H and O–H groups in total. The number of nitrogens with zero attached hydrogens (tertiary/aromatic N) is 3. The van der Waals surface area contributed by atoms with Gasteiger partial charge in [-0.05, 0) is 61.7 Å². The van der Waals surface area contributed by atoms with Crippen LogP contribution in [0.4, 0.5) is 17.1 Å². The predicted octanol–water partition coefficient (Wildman–Crippen LogP) is 4.96. The number of nitrogens with one attached hydrogen (secondary N) is 1. The number of likely N-dealkylation sites (N-methyl/N-ethyl adjacent to an activating group) is 1. The van der Waals surface area contributed by atoms with Gasteiger partial charge in [0.05, 0.1) is 29.4 Å². The first kappa shape index (κ1) is 27.2. The summed E-state index contributed by atoms with van der Waals surface area (Å²) in [7, 11) is 1.70. The van der Waals surface area contributed by atoms with E-state index < -0.39 is 5.97 Å². The molecule has 10 heteroatoms. The second-order valence-corrected chi connectivity index (χ2v) is 9.12. The number of rotatable bonds is 9. The maximum absolute atomic E-state index is 13.7. The SMILES string of the molecule is CCNc1ccc(N)cc1N=C1S/C(=C(\C)N(C)/C(=C\S)C(=O)OCC)C(=O)N1Cc1ccccc1. The van der Waals surface area contributed by atoms with Gasteiger partial charge in [-0.1, -0.05) is 30.3 Å². The van der Waals surface area contributed by atoms with E-state index in [1.165, 1.54) is 17.2 Å². The average Bonchev–Trinajstić information content (AvgIpc) is 3.16. The van der Waals surface area contributed by atoms with E-state index in [0.717, 1.165) is 11.3 Å². The zero-order valence-corrected chi connectivity index (χ0v) is 22.5. The average molecular weight is 526 g/mol. The van der Waals surface area contributed by atoms with Crippen LogP contribution in [-0.4, -0.2) is 47.0 Å². The lowest BCUT2D eigenvalue weighted by atomic mass is 10.2. The first-order valence-electron chi connectivity index (χ1n) is 11.5. The number of nitrogens with two attached hydrogens (primary N) is 1. The predicted molar refractivity (Wildman–Crippen MR) is 151 cm³/mol. The van der Waals surface area contributed by atoms with E-state index in [4.69, 9.17) is 15.5 Å². The fourth-order valence-electron chi connectivity index (χ4n) is 3.52. The molecule has 0 unspecified atom stereocenters. The molecule has 2 aromatic rings. The third-order valence-electron chi connectivity index (χ3n) is 5.45.